The predicted molar refractivity (Wildman–Crippen MR) is 267 cm³/mol. The molecule has 18 heteroatoms. The van der Waals surface area contributed by atoms with E-state index in [-0.39, 0.29) is 83.5 Å². The van der Waals surface area contributed by atoms with E-state index in [1.807, 2.05) is 34.7 Å². The van der Waals surface area contributed by atoms with Gasteiger partial charge in [-0.25, -0.2) is 28.3 Å². The maximum atomic E-state index is 14.9. The molecule has 73 heavy (non-hydrogen) atoms. The molecule has 1 saturated heterocycles. The first-order chi connectivity index (χ1) is 35.0. The lowest BCUT2D eigenvalue weighted by molar-refractivity contribution is -0.158. The number of rotatable bonds is 4. The largest absolute Gasteiger partial charge is 0.458 e. The molecule has 4 atom stereocenters. The van der Waals surface area contributed by atoms with E-state index in [9.17, 15) is 48.4 Å². The Morgan fingerprint density at radius 2 is 1.21 bits per heavy atom. The number of aliphatic hydroxyl groups is 4. The van der Waals surface area contributed by atoms with Crippen LogP contribution in [0.1, 0.15) is 132 Å². The summed E-state index contributed by atoms with van der Waals surface area (Å²) in [7, 11) is 1.96. The van der Waals surface area contributed by atoms with Crippen LogP contribution in [0.15, 0.2) is 33.9 Å². The molecule has 0 radical (unpaired) electrons. The quantitative estimate of drug-likeness (QED) is 0.155. The molecule has 5 aliphatic heterocycles. The van der Waals surface area contributed by atoms with Crippen molar-refractivity contribution in [2.24, 2.45) is 0 Å². The number of ether oxygens (including phenoxy) is 2. The van der Waals surface area contributed by atoms with E-state index >= 15 is 0 Å². The normalized spacial score (nSPS) is 21.7. The summed E-state index contributed by atoms with van der Waals surface area (Å²) in [5.74, 6) is -2.20. The highest BCUT2D eigenvalue weighted by atomic mass is 19.1. The average Bonchev–Trinajstić information content (AvgIpc) is 3.94. The Hall–Kier alpha value is -6.28. The maximum absolute atomic E-state index is 14.9. The molecule has 1 fully saturated rings. The van der Waals surface area contributed by atoms with E-state index in [1.165, 1.54) is 12.1 Å². The minimum atomic E-state index is -1.53. The molecule has 7 aliphatic rings. The minimum absolute atomic E-state index is 0.00384. The van der Waals surface area contributed by atoms with Crippen molar-refractivity contribution in [3.8, 4) is 22.8 Å². The lowest BCUT2D eigenvalue weighted by atomic mass is 9.73. The van der Waals surface area contributed by atoms with Crippen molar-refractivity contribution in [1.29, 1.82) is 0 Å². The van der Waals surface area contributed by atoms with E-state index in [0.29, 0.717) is 77.5 Å². The molecular weight excluding hydrogens is 943 g/mol. The van der Waals surface area contributed by atoms with Crippen LogP contribution in [0, 0.1) is 25.5 Å². The molecule has 4 N–H and O–H groups in total. The lowest BCUT2D eigenvalue weighted by Crippen LogP contribution is -2.52. The fourth-order valence-electron chi connectivity index (χ4n) is 12.3. The molecule has 0 saturated carbocycles. The summed E-state index contributed by atoms with van der Waals surface area (Å²) < 4.78 is 43.0. The van der Waals surface area contributed by atoms with Gasteiger partial charge in [0.05, 0.1) is 70.7 Å². The van der Waals surface area contributed by atoms with Crippen molar-refractivity contribution in [2.75, 3.05) is 33.3 Å². The van der Waals surface area contributed by atoms with Crippen molar-refractivity contribution in [2.45, 2.75) is 130 Å². The highest BCUT2D eigenvalue weighted by Gasteiger charge is 2.44. The minimum Gasteiger partial charge on any atom is -0.458 e. The molecule has 2 aliphatic carbocycles. The number of benzene rings is 2. The van der Waals surface area contributed by atoms with Crippen LogP contribution >= 0.6 is 0 Å². The van der Waals surface area contributed by atoms with Gasteiger partial charge in [-0.3, -0.25) is 19.4 Å². The maximum Gasteiger partial charge on any atom is 0.340 e. The van der Waals surface area contributed by atoms with Gasteiger partial charge in [-0.2, -0.15) is 0 Å². The van der Waals surface area contributed by atoms with Crippen molar-refractivity contribution in [1.82, 2.24) is 28.9 Å². The Morgan fingerprint density at radius 3 is 1.73 bits per heavy atom. The van der Waals surface area contributed by atoms with Crippen molar-refractivity contribution in [3.05, 3.63) is 123 Å². The van der Waals surface area contributed by atoms with Gasteiger partial charge in [0.15, 0.2) is 12.2 Å². The highest BCUT2D eigenvalue weighted by Crippen LogP contribution is 2.51. The van der Waals surface area contributed by atoms with Gasteiger partial charge in [0.2, 0.25) is 0 Å². The zero-order valence-corrected chi connectivity index (χ0v) is 42.3. The molecule has 13 rings (SSSR count). The van der Waals surface area contributed by atoms with Crippen LogP contribution in [-0.2, 0) is 63.7 Å². The summed E-state index contributed by atoms with van der Waals surface area (Å²) in [5, 5.41) is 42.3. The van der Waals surface area contributed by atoms with Crippen LogP contribution in [0.3, 0.4) is 0 Å². The number of nitrogens with zero attached hydrogens (tertiary/aromatic N) is 6. The standard InChI is InChI=1S/C26H26FN3O5.C25H22FN3O5.2C2H6/c1-12-13-4-5-26(2,29(3)6-7-31)21-15-10-30-19(22(15)28-18(20(13)21)9-17(12)27)8-14-16(24(30)33)11-35-25(34)23(14)32;1-10-12-2-3-18(28-6-11(30)7-28)21-14-8-29-19(22(14)27-17(20(12)21)5-16(10)26)4-13-15(24(29)32)9-34-25(33)23(13)31;2*1-2/h8-9,23,31-32H,4-7,10-11H2,1-3H3;4-5,11,18,23,30-31H,2-3,6-9H2,1H3;2*1-2H3. The number of hydrogen-bond acceptors (Lipinski definition) is 14. The number of likely N-dealkylation sites (N-methyl/N-ethyl adjacent to an activating group) is 1. The third kappa shape index (κ3) is 7.41. The molecule has 6 aromatic rings. The van der Waals surface area contributed by atoms with E-state index in [1.54, 1.807) is 35.1 Å². The summed E-state index contributed by atoms with van der Waals surface area (Å²) in [6, 6.07) is 6.23. The monoisotopic (exact) mass is 1000 g/mol. The molecular formula is C55H60F2N6O10. The second-order valence-electron chi connectivity index (χ2n) is 19.7. The van der Waals surface area contributed by atoms with Crippen molar-refractivity contribution in [3.63, 3.8) is 0 Å². The fourth-order valence-corrected chi connectivity index (χ4v) is 12.3. The van der Waals surface area contributed by atoms with Gasteiger partial charge < -0.3 is 39.0 Å². The van der Waals surface area contributed by atoms with Crippen LogP contribution in [0.5, 0.6) is 0 Å². The predicted octanol–water partition coefficient (Wildman–Crippen LogP) is 5.73. The fraction of sp³-hybridized carbons (Fsp3) is 0.455. The van der Waals surface area contributed by atoms with Gasteiger partial charge in [0, 0.05) is 76.4 Å². The lowest BCUT2D eigenvalue weighted by Gasteiger charge is -2.44. The van der Waals surface area contributed by atoms with Gasteiger partial charge in [-0.15, -0.1) is 0 Å². The topological polar surface area (TPSA) is 210 Å². The SMILES string of the molecule is CC.CC.Cc1c(F)cc2nc3c(c4c2c1CCC4(C)N(C)CCO)Cn1c-3cc2c(c1=O)COC(=O)C2O.Cc1c(F)cc2nc3c(c4c2c1CCC4N1CC(O)C1)Cn1c-3cc2c(c1=O)COC(=O)C2O. The zero-order valence-electron chi connectivity index (χ0n) is 42.3. The second kappa shape index (κ2) is 18.6. The molecule has 4 aromatic heterocycles. The molecule has 16 nitrogen and oxygen atoms in total. The third-order valence-electron chi connectivity index (χ3n) is 16.2. The number of likely N-dealkylation sites (tertiary alicyclic amines) is 1. The van der Waals surface area contributed by atoms with Crippen molar-refractivity contribution < 1.29 is 48.3 Å². The number of carbonyl (C=O) groups is 2. The summed E-state index contributed by atoms with van der Waals surface area (Å²) >= 11 is 0. The Labute approximate surface area is 419 Å². The third-order valence-corrected chi connectivity index (χ3v) is 16.2. The summed E-state index contributed by atoms with van der Waals surface area (Å²) in [6.45, 7) is 15.5. The van der Waals surface area contributed by atoms with E-state index < -0.39 is 29.7 Å². The molecule has 0 amide bonds. The number of pyridine rings is 4. The summed E-state index contributed by atoms with van der Waals surface area (Å²) in [6.07, 6.45) is -0.509. The van der Waals surface area contributed by atoms with Crippen LogP contribution in [-0.4, -0.2) is 101 Å². The van der Waals surface area contributed by atoms with E-state index in [2.05, 4.69) is 16.7 Å². The molecule has 0 bridgehead atoms. The van der Waals surface area contributed by atoms with Gasteiger partial charge >= 0.3 is 11.9 Å². The number of esters is 2. The van der Waals surface area contributed by atoms with Crippen LogP contribution in [0.2, 0.25) is 0 Å². The van der Waals surface area contributed by atoms with Crippen LogP contribution in [0.25, 0.3) is 44.6 Å². The molecule has 0 spiro atoms. The average molecular weight is 1000 g/mol. The molecule has 4 unspecified atom stereocenters. The van der Waals surface area contributed by atoms with Gasteiger partial charge in [-0.05, 0) is 99.0 Å². The Balaban J connectivity index is 0.000000157. The number of hydrogen-bond donors (Lipinski definition) is 4. The number of carbonyl (C=O) groups excluding carboxylic acids is 2. The first-order valence-electron chi connectivity index (χ1n) is 25.3. The number of cyclic esters (lactones) is 2. The van der Waals surface area contributed by atoms with Crippen LogP contribution < -0.4 is 11.1 Å². The van der Waals surface area contributed by atoms with Gasteiger partial charge in [-0.1, -0.05) is 27.7 Å². The second-order valence-corrected chi connectivity index (χ2v) is 19.7. The van der Waals surface area contributed by atoms with Gasteiger partial charge in [0.25, 0.3) is 11.1 Å². The van der Waals surface area contributed by atoms with E-state index in [4.69, 9.17) is 19.4 Å². The number of aromatic nitrogens is 4. The van der Waals surface area contributed by atoms with Gasteiger partial charge in [0.1, 0.15) is 24.8 Å². The molecule has 9 heterocycles. The number of aliphatic hydroxyl groups excluding tert-OH is 4. The number of fused-ring (bicyclic) bond motifs is 10. The summed E-state index contributed by atoms with van der Waals surface area (Å²) in [4.78, 5) is 64.7. The first-order valence-corrected chi connectivity index (χ1v) is 25.3. The number of halogens is 2. The zero-order chi connectivity index (χ0) is 52.3. The smallest absolute Gasteiger partial charge is 0.340 e. The van der Waals surface area contributed by atoms with Crippen LogP contribution in [0.4, 0.5) is 8.78 Å². The van der Waals surface area contributed by atoms with E-state index in [0.717, 1.165) is 63.4 Å². The summed E-state index contributed by atoms with van der Waals surface area (Å²) in [5.41, 5.74) is 10.0. The Bertz CT molecular complexity index is 3480. The molecule has 384 valence electrons. The number of aryl methyl sites for hydroxylation is 2. The first kappa shape index (κ1) is 50.3. The number of β-amino-alcohol motifs (C(OH)–C–C–N with tert-alkyl or cyclic N) is 1. The van der Waals surface area contributed by atoms with Crippen molar-refractivity contribution >= 4 is 33.7 Å². The highest BCUT2D eigenvalue weighted by molar-refractivity contribution is 5.95. The Kier molecular flexibility index (Phi) is 12.8. The molecule has 2 aromatic carbocycles. The Morgan fingerprint density at radius 1 is 0.712 bits per heavy atom.